The van der Waals surface area contributed by atoms with Crippen LogP contribution in [0.1, 0.15) is 15.9 Å². The first-order chi connectivity index (χ1) is 9.60. The van der Waals surface area contributed by atoms with Crippen molar-refractivity contribution >= 4 is 11.7 Å². The van der Waals surface area contributed by atoms with Crippen molar-refractivity contribution < 1.29 is 9.18 Å². The molecule has 5 nitrogen and oxygen atoms in total. The summed E-state index contributed by atoms with van der Waals surface area (Å²) in [6.07, 6.45) is 1.50. The molecule has 0 fully saturated rings. The number of aromatic nitrogens is 1. The number of hydrogen-bond donors (Lipinski definition) is 2. The zero-order chi connectivity index (χ0) is 14.5. The standard InChI is InChI=1S/C14H15FN4O/c1-19(9-10-3-2-4-12(15)7-10)14(20)11-5-6-17-13(8-11)18-16/h2-8H,9,16H2,1H3,(H,17,18). The van der Waals surface area contributed by atoms with E-state index >= 15 is 0 Å². The molecule has 2 rings (SSSR count). The summed E-state index contributed by atoms with van der Waals surface area (Å²) >= 11 is 0. The van der Waals surface area contributed by atoms with Crippen LogP contribution >= 0.6 is 0 Å². The molecule has 20 heavy (non-hydrogen) atoms. The van der Waals surface area contributed by atoms with Crippen LogP contribution < -0.4 is 11.3 Å². The van der Waals surface area contributed by atoms with Gasteiger partial charge in [0, 0.05) is 25.4 Å². The second-order valence-corrected chi connectivity index (χ2v) is 4.37. The van der Waals surface area contributed by atoms with Crippen molar-refractivity contribution in [3.63, 3.8) is 0 Å². The normalized spacial score (nSPS) is 10.2. The van der Waals surface area contributed by atoms with Crippen LogP contribution in [0.15, 0.2) is 42.6 Å². The molecule has 1 aromatic heterocycles. The molecule has 0 radical (unpaired) electrons. The second kappa shape index (κ2) is 6.12. The first kappa shape index (κ1) is 14.0. The summed E-state index contributed by atoms with van der Waals surface area (Å²) in [4.78, 5) is 17.7. The van der Waals surface area contributed by atoms with Crippen LogP contribution in [-0.2, 0) is 6.54 Å². The minimum atomic E-state index is -0.318. The molecule has 0 atom stereocenters. The van der Waals surface area contributed by atoms with Crippen LogP contribution in [0.5, 0.6) is 0 Å². The SMILES string of the molecule is CN(Cc1cccc(F)c1)C(=O)c1ccnc(NN)c1. The third-order valence-corrected chi connectivity index (χ3v) is 2.81. The van der Waals surface area contributed by atoms with Gasteiger partial charge in [-0.2, -0.15) is 0 Å². The van der Waals surface area contributed by atoms with Crippen molar-refractivity contribution in [1.82, 2.24) is 9.88 Å². The lowest BCUT2D eigenvalue weighted by Crippen LogP contribution is -2.26. The van der Waals surface area contributed by atoms with Crippen LogP contribution in [0, 0.1) is 5.82 Å². The molecule has 1 amide bonds. The molecule has 6 heteroatoms. The number of carbonyl (C=O) groups excluding carboxylic acids is 1. The van der Waals surface area contributed by atoms with Gasteiger partial charge in [-0.1, -0.05) is 12.1 Å². The molecule has 1 aromatic carbocycles. The maximum atomic E-state index is 13.1. The van der Waals surface area contributed by atoms with Gasteiger partial charge in [0.15, 0.2) is 0 Å². The zero-order valence-corrected chi connectivity index (χ0v) is 11.0. The zero-order valence-electron chi connectivity index (χ0n) is 11.0. The molecule has 0 saturated carbocycles. The van der Waals surface area contributed by atoms with Crippen molar-refractivity contribution in [2.24, 2.45) is 5.84 Å². The van der Waals surface area contributed by atoms with Gasteiger partial charge in [-0.15, -0.1) is 0 Å². The number of pyridine rings is 1. The minimum Gasteiger partial charge on any atom is -0.337 e. The van der Waals surface area contributed by atoms with E-state index in [0.29, 0.717) is 17.9 Å². The lowest BCUT2D eigenvalue weighted by Gasteiger charge is -2.17. The third kappa shape index (κ3) is 3.30. The van der Waals surface area contributed by atoms with Gasteiger partial charge < -0.3 is 10.3 Å². The van der Waals surface area contributed by atoms with Crippen molar-refractivity contribution in [2.45, 2.75) is 6.54 Å². The number of nitrogens with zero attached hydrogens (tertiary/aromatic N) is 2. The van der Waals surface area contributed by atoms with Crippen molar-refractivity contribution in [1.29, 1.82) is 0 Å². The van der Waals surface area contributed by atoms with Gasteiger partial charge in [0.05, 0.1) is 0 Å². The van der Waals surface area contributed by atoms with E-state index in [1.165, 1.54) is 23.2 Å². The maximum absolute atomic E-state index is 13.1. The molecule has 0 aliphatic heterocycles. The second-order valence-electron chi connectivity index (χ2n) is 4.37. The number of halogens is 1. The van der Waals surface area contributed by atoms with Crippen LogP contribution in [0.3, 0.4) is 0 Å². The van der Waals surface area contributed by atoms with Crippen LogP contribution in [-0.4, -0.2) is 22.8 Å². The van der Waals surface area contributed by atoms with Gasteiger partial charge in [0.1, 0.15) is 11.6 Å². The molecule has 0 unspecified atom stereocenters. The van der Waals surface area contributed by atoms with E-state index in [1.807, 2.05) is 0 Å². The van der Waals surface area contributed by atoms with Gasteiger partial charge >= 0.3 is 0 Å². The Morgan fingerprint density at radius 2 is 2.20 bits per heavy atom. The number of nitrogens with two attached hydrogens (primary N) is 1. The molecule has 1 heterocycles. The van der Waals surface area contributed by atoms with E-state index in [-0.39, 0.29) is 11.7 Å². The lowest BCUT2D eigenvalue weighted by atomic mass is 10.2. The number of hydrogen-bond acceptors (Lipinski definition) is 4. The maximum Gasteiger partial charge on any atom is 0.254 e. The van der Waals surface area contributed by atoms with Gasteiger partial charge in [0.25, 0.3) is 5.91 Å². The molecule has 0 aliphatic rings. The van der Waals surface area contributed by atoms with E-state index in [0.717, 1.165) is 5.56 Å². The van der Waals surface area contributed by atoms with Gasteiger partial charge in [0.2, 0.25) is 0 Å². The number of benzene rings is 1. The summed E-state index contributed by atoms with van der Waals surface area (Å²) < 4.78 is 13.1. The summed E-state index contributed by atoms with van der Waals surface area (Å²) in [5.41, 5.74) is 3.58. The lowest BCUT2D eigenvalue weighted by molar-refractivity contribution is 0.0785. The Hall–Kier alpha value is -2.47. The molecule has 3 N–H and O–H groups in total. The minimum absolute atomic E-state index is 0.187. The number of nitrogens with one attached hydrogen (secondary N) is 1. The Labute approximate surface area is 116 Å². The molecule has 0 aliphatic carbocycles. The fourth-order valence-corrected chi connectivity index (χ4v) is 1.84. The van der Waals surface area contributed by atoms with E-state index in [9.17, 15) is 9.18 Å². The van der Waals surface area contributed by atoms with Crippen molar-refractivity contribution in [3.8, 4) is 0 Å². The summed E-state index contributed by atoms with van der Waals surface area (Å²) in [7, 11) is 1.66. The van der Waals surface area contributed by atoms with Crippen molar-refractivity contribution in [2.75, 3.05) is 12.5 Å². The van der Waals surface area contributed by atoms with E-state index in [1.54, 1.807) is 31.3 Å². The van der Waals surface area contributed by atoms with Crippen LogP contribution in [0.4, 0.5) is 10.2 Å². The van der Waals surface area contributed by atoms with Crippen LogP contribution in [0.25, 0.3) is 0 Å². The predicted molar refractivity (Wildman–Crippen MR) is 74.2 cm³/mol. The number of anilines is 1. The first-order valence-corrected chi connectivity index (χ1v) is 6.02. The predicted octanol–water partition coefficient (Wildman–Crippen LogP) is 1.78. The number of amides is 1. The molecule has 0 saturated heterocycles. The van der Waals surface area contributed by atoms with E-state index in [4.69, 9.17) is 5.84 Å². The average Bonchev–Trinajstić information content (AvgIpc) is 2.46. The smallest absolute Gasteiger partial charge is 0.254 e. The first-order valence-electron chi connectivity index (χ1n) is 6.02. The summed E-state index contributed by atoms with van der Waals surface area (Å²) in [5.74, 6) is 5.16. The molecule has 2 aromatic rings. The fourth-order valence-electron chi connectivity index (χ4n) is 1.84. The highest BCUT2D eigenvalue weighted by atomic mass is 19.1. The molecule has 0 spiro atoms. The Balaban J connectivity index is 2.12. The summed E-state index contributed by atoms with van der Waals surface area (Å²) in [6, 6.07) is 9.32. The van der Waals surface area contributed by atoms with Gasteiger partial charge in [-0.3, -0.25) is 4.79 Å². The molecule has 0 bridgehead atoms. The average molecular weight is 274 g/mol. The highest BCUT2D eigenvalue weighted by molar-refractivity contribution is 5.94. The van der Waals surface area contributed by atoms with Gasteiger partial charge in [-0.25, -0.2) is 15.2 Å². The summed E-state index contributed by atoms with van der Waals surface area (Å²) in [6.45, 7) is 0.324. The number of rotatable bonds is 4. The number of nitrogen functional groups attached to an aromatic ring is 1. The quantitative estimate of drug-likeness (QED) is 0.658. The Kier molecular flexibility index (Phi) is 4.27. The molecule has 104 valence electrons. The Morgan fingerprint density at radius 1 is 1.40 bits per heavy atom. The van der Waals surface area contributed by atoms with Gasteiger partial charge in [-0.05, 0) is 29.8 Å². The third-order valence-electron chi connectivity index (χ3n) is 2.81. The highest BCUT2D eigenvalue weighted by Crippen LogP contribution is 2.11. The topological polar surface area (TPSA) is 71.2 Å². The Morgan fingerprint density at radius 3 is 2.90 bits per heavy atom. The highest BCUT2D eigenvalue weighted by Gasteiger charge is 2.13. The van der Waals surface area contributed by atoms with E-state index in [2.05, 4.69) is 10.4 Å². The largest absolute Gasteiger partial charge is 0.337 e. The molecular weight excluding hydrogens is 259 g/mol. The number of carbonyl (C=O) groups is 1. The molecular formula is C14H15FN4O. The monoisotopic (exact) mass is 274 g/mol. The van der Waals surface area contributed by atoms with Crippen LogP contribution in [0.2, 0.25) is 0 Å². The number of hydrazine groups is 1. The van der Waals surface area contributed by atoms with E-state index < -0.39 is 0 Å². The Bertz CT molecular complexity index is 618. The van der Waals surface area contributed by atoms with Crippen molar-refractivity contribution in [3.05, 3.63) is 59.5 Å². The fraction of sp³-hybridized carbons (Fsp3) is 0.143. The summed E-state index contributed by atoms with van der Waals surface area (Å²) in [5, 5.41) is 0.